The number of oxazole rings is 1. The molecule has 0 fully saturated rings. The molecule has 1 aromatic rings. The number of nitrogens with one attached hydrogen (secondary N) is 1. The topological polar surface area (TPSA) is 38.1 Å². The maximum Gasteiger partial charge on any atom is 0.180 e. The molecule has 1 N–H and O–H groups in total. The second kappa shape index (κ2) is 4.61. The highest BCUT2D eigenvalue weighted by Gasteiger charge is 1.81. The van der Waals surface area contributed by atoms with Crippen molar-refractivity contribution in [2.24, 2.45) is 0 Å². The van der Waals surface area contributed by atoms with E-state index < -0.39 is 0 Å². The highest BCUT2D eigenvalue weighted by atomic mass is 16.3. The number of aromatic nitrogens is 1. The van der Waals surface area contributed by atoms with Crippen LogP contribution in [0.5, 0.6) is 0 Å². The molecule has 0 bridgehead atoms. The van der Waals surface area contributed by atoms with Gasteiger partial charge in [0, 0.05) is 6.54 Å². The molecule has 2 heterocycles. The molecule has 0 saturated heterocycles. The van der Waals surface area contributed by atoms with Crippen LogP contribution in [0, 0.1) is 0 Å². The normalized spacial score (nSPS) is 13.6. The first-order chi connectivity index (χ1) is 5.00. The Hall–Kier alpha value is -1.25. The van der Waals surface area contributed by atoms with E-state index in [0.717, 1.165) is 6.54 Å². The Morgan fingerprint density at radius 3 is 2.70 bits per heavy atom. The highest BCUT2D eigenvalue weighted by Crippen LogP contribution is 1.84. The summed E-state index contributed by atoms with van der Waals surface area (Å²) < 4.78 is 4.47. The van der Waals surface area contributed by atoms with Gasteiger partial charge in [-0.05, 0) is 12.6 Å². The molecule has 2 rings (SSSR count). The van der Waals surface area contributed by atoms with Crippen LogP contribution in [0.3, 0.4) is 0 Å². The fourth-order valence-electron chi connectivity index (χ4n) is 0.592. The van der Waals surface area contributed by atoms with Gasteiger partial charge in [0.2, 0.25) is 0 Å². The first-order valence-electron chi connectivity index (χ1n) is 3.20. The molecule has 0 unspecified atom stereocenters. The van der Waals surface area contributed by atoms with Crippen LogP contribution in [-0.4, -0.2) is 11.5 Å². The summed E-state index contributed by atoms with van der Waals surface area (Å²) in [5, 5.41) is 3.04. The van der Waals surface area contributed by atoms with Crippen molar-refractivity contribution < 1.29 is 4.42 Å². The van der Waals surface area contributed by atoms with Gasteiger partial charge in [-0.15, -0.1) is 0 Å². The van der Waals surface area contributed by atoms with Crippen LogP contribution in [0.2, 0.25) is 0 Å². The van der Waals surface area contributed by atoms with E-state index in [4.69, 9.17) is 0 Å². The molecule has 3 heteroatoms. The molecule has 0 aliphatic carbocycles. The van der Waals surface area contributed by atoms with Crippen LogP contribution < -0.4 is 5.32 Å². The largest absolute Gasteiger partial charge is 0.452 e. The minimum atomic E-state index is 1.14. The zero-order chi connectivity index (χ0) is 7.07. The number of rotatable bonds is 0. The Balaban J connectivity index is 0.0000001000. The summed E-state index contributed by atoms with van der Waals surface area (Å²) in [4.78, 5) is 3.56. The van der Waals surface area contributed by atoms with Crippen LogP contribution in [0.4, 0.5) is 0 Å². The van der Waals surface area contributed by atoms with Crippen LogP contribution in [0.1, 0.15) is 6.42 Å². The third-order valence-electron chi connectivity index (χ3n) is 1.04. The van der Waals surface area contributed by atoms with Crippen molar-refractivity contribution >= 4 is 0 Å². The summed E-state index contributed by atoms with van der Waals surface area (Å²) in [5.41, 5.74) is 0. The van der Waals surface area contributed by atoms with Gasteiger partial charge >= 0.3 is 0 Å². The molecule has 1 aromatic heterocycles. The van der Waals surface area contributed by atoms with Crippen molar-refractivity contribution in [3.05, 3.63) is 31.1 Å². The van der Waals surface area contributed by atoms with Gasteiger partial charge in [-0.3, -0.25) is 0 Å². The fraction of sp³-hybridized carbons (Fsp3) is 0.286. The van der Waals surface area contributed by atoms with Gasteiger partial charge in [0.1, 0.15) is 6.26 Å². The monoisotopic (exact) mass is 138 g/mol. The third-order valence-corrected chi connectivity index (χ3v) is 1.04. The van der Waals surface area contributed by atoms with Gasteiger partial charge in [0.15, 0.2) is 6.39 Å². The molecule has 1 aliphatic heterocycles. The summed E-state index contributed by atoms with van der Waals surface area (Å²) in [5.74, 6) is 0. The van der Waals surface area contributed by atoms with E-state index in [0.29, 0.717) is 0 Å². The zero-order valence-corrected chi connectivity index (χ0v) is 5.66. The van der Waals surface area contributed by atoms with Crippen LogP contribution in [0.15, 0.2) is 35.5 Å². The molecular weight excluding hydrogens is 128 g/mol. The number of hydrogen-bond donors (Lipinski definition) is 1. The van der Waals surface area contributed by atoms with E-state index in [1.165, 1.54) is 19.1 Å². The molecule has 3 nitrogen and oxygen atoms in total. The second-order valence-electron chi connectivity index (χ2n) is 1.82. The lowest BCUT2D eigenvalue weighted by Crippen LogP contribution is -1.96. The zero-order valence-electron chi connectivity index (χ0n) is 5.66. The molecule has 0 amide bonds. The van der Waals surface area contributed by atoms with E-state index in [1.807, 2.05) is 6.20 Å². The van der Waals surface area contributed by atoms with Crippen molar-refractivity contribution in [2.45, 2.75) is 6.42 Å². The Labute approximate surface area is 59.8 Å². The molecule has 0 aromatic carbocycles. The fourth-order valence-corrected chi connectivity index (χ4v) is 0.592. The first kappa shape index (κ1) is 6.86. The van der Waals surface area contributed by atoms with Gasteiger partial charge in [-0.1, -0.05) is 6.08 Å². The molecule has 0 saturated carbocycles. The average Bonchev–Trinajstić information content (AvgIpc) is 2.67. The molecule has 10 heavy (non-hydrogen) atoms. The lowest BCUT2D eigenvalue weighted by Gasteiger charge is -1.78. The predicted octanol–water partition coefficient (Wildman–Crippen LogP) is 1.17. The maximum atomic E-state index is 4.47. The van der Waals surface area contributed by atoms with Gasteiger partial charge in [0.25, 0.3) is 0 Å². The van der Waals surface area contributed by atoms with Crippen molar-refractivity contribution in [1.29, 1.82) is 0 Å². The predicted molar refractivity (Wildman–Crippen MR) is 38.3 cm³/mol. The van der Waals surface area contributed by atoms with Crippen LogP contribution in [-0.2, 0) is 0 Å². The summed E-state index contributed by atoms with van der Waals surface area (Å²) >= 11 is 0. The minimum Gasteiger partial charge on any atom is -0.452 e. The van der Waals surface area contributed by atoms with E-state index in [9.17, 15) is 0 Å². The van der Waals surface area contributed by atoms with Crippen molar-refractivity contribution in [2.75, 3.05) is 6.54 Å². The van der Waals surface area contributed by atoms with E-state index in [2.05, 4.69) is 20.8 Å². The van der Waals surface area contributed by atoms with Crippen LogP contribution >= 0.6 is 0 Å². The van der Waals surface area contributed by atoms with Gasteiger partial charge in [-0.2, -0.15) is 0 Å². The van der Waals surface area contributed by atoms with E-state index in [1.54, 1.807) is 6.20 Å². The summed E-state index contributed by atoms with van der Waals surface area (Å²) in [6, 6.07) is 0. The quantitative estimate of drug-likeness (QED) is 0.584. The molecule has 0 spiro atoms. The molecule has 1 aliphatic rings. The van der Waals surface area contributed by atoms with Crippen LogP contribution in [0.25, 0.3) is 0 Å². The summed E-state index contributed by atoms with van der Waals surface area (Å²) in [6.45, 7) is 1.14. The maximum absolute atomic E-state index is 4.47. The third kappa shape index (κ3) is 2.91. The van der Waals surface area contributed by atoms with Crippen molar-refractivity contribution in [3.8, 4) is 0 Å². The Morgan fingerprint density at radius 1 is 1.50 bits per heavy atom. The molecular formula is C7H10N2O. The molecule has 0 radical (unpaired) electrons. The second-order valence-corrected chi connectivity index (χ2v) is 1.82. The Morgan fingerprint density at radius 2 is 2.50 bits per heavy atom. The summed E-state index contributed by atoms with van der Waals surface area (Å²) in [6.07, 6.45) is 9.79. The highest BCUT2D eigenvalue weighted by molar-refractivity contribution is 4.86. The van der Waals surface area contributed by atoms with E-state index in [-0.39, 0.29) is 0 Å². The van der Waals surface area contributed by atoms with Gasteiger partial charge in [-0.25, -0.2) is 4.98 Å². The van der Waals surface area contributed by atoms with Crippen molar-refractivity contribution in [1.82, 2.24) is 10.3 Å². The average molecular weight is 138 g/mol. The number of nitrogens with zero attached hydrogens (tertiary/aromatic N) is 1. The first-order valence-corrected chi connectivity index (χ1v) is 3.20. The Bertz CT molecular complexity index is 147. The van der Waals surface area contributed by atoms with Gasteiger partial charge < -0.3 is 9.73 Å². The van der Waals surface area contributed by atoms with Gasteiger partial charge in [0.05, 0.1) is 6.20 Å². The lowest BCUT2D eigenvalue weighted by atomic mass is 10.5. The summed E-state index contributed by atoms with van der Waals surface area (Å²) in [7, 11) is 0. The van der Waals surface area contributed by atoms with Crippen molar-refractivity contribution in [3.63, 3.8) is 0 Å². The number of hydrogen-bond acceptors (Lipinski definition) is 3. The molecule has 0 atom stereocenters. The smallest absolute Gasteiger partial charge is 0.180 e. The minimum absolute atomic E-state index is 1.14. The molecule has 54 valence electrons. The Kier molecular flexibility index (Phi) is 3.17. The SMILES string of the molecule is C1=CNCC1.c1cocn1. The standard InChI is InChI=1S/C4H7N.C3H3NO/c1-2-4-5-3-1;1-2-5-3-4-1/h1,3,5H,2,4H2;1-3H. The lowest BCUT2D eigenvalue weighted by molar-refractivity contribution is 0.558. The van der Waals surface area contributed by atoms with E-state index >= 15 is 0 Å².